The highest BCUT2D eigenvalue weighted by atomic mass is 33.1. The molecule has 3 aliphatic rings. The molecule has 9 rings (SSSR count). The summed E-state index contributed by atoms with van der Waals surface area (Å²) in [5, 5.41) is 3.27. The zero-order valence-electron chi connectivity index (χ0n) is 26.8. The first kappa shape index (κ1) is 30.7. The fourth-order valence-corrected chi connectivity index (χ4v) is 9.32. The Morgan fingerprint density at radius 3 is 1.42 bits per heavy atom. The summed E-state index contributed by atoms with van der Waals surface area (Å²) < 4.78 is 0. The number of piperidine rings is 1. The van der Waals surface area contributed by atoms with Gasteiger partial charge in [0.15, 0.2) is 0 Å². The molecule has 0 radical (unpaired) electrons. The number of imide groups is 2. The number of rotatable bonds is 6. The number of nitrogens with zero attached hydrogens (tertiary/aromatic N) is 3. The van der Waals surface area contributed by atoms with Gasteiger partial charge in [0.05, 0.1) is 11.4 Å². The molecule has 4 amide bonds. The van der Waals surface area contributed by atoms with E-state index in [2.05, 4.69) is 4.90 Å². The summed E-state index contributed by atoms with van der Waals surface area (Å²) >= 11 is 0. The Morgan fingerprint density at radius 1 is 0.440 bits per heavy atom. The molecule has 50 heavy (non-hydrogen) atoms. The summed E-state index contributed by atoms with van der Waals surface area (Å²) in [6, 6.07) is 35.5. The van der Waals surface area contributed by atoms with E-state index >= 15 is 0 Å². The molecule has 244 valence electrons. The number of benzene rings is 6. The maximum absolute atomic E-state index is 13.8. The van der Waals surface area contributed by atoms with Crippen LogP contribution >= 0.6 is 21.6 Å². The first-order chi connectivity index (χ1) is 24.5. The van der Waals surface area contributed by atoms with Crippen molar-refractivity contribution in [1.29, 1.82) is 0 Å². The van der Waals surface area contributed by atoms with Crippen LogP contribution in [0.2, 0.25) is 0 Å². The average molecular weight is 692 g/mol. The van der Waals surface area contributed by atoms with E-state index in [1.165, 1.54) is 37.8 Å². The van der Waals surface area contributed by atoms with Crippen molar-refractivity contribution < 1.29 is 19.2 Å². The first-order valence-corrected chi connectivity index (χ1v) is 18.8. The molecule has 3 heterocycles. The van der Waals surface area contributed by atoms with Crippen molar-refractivity contribution in [2.45, 2.75) is 29.1 Å². The summed E-state index contributed by atoms with van der Waals surface area (Å²) in [7, 11) is 3.07. The van der Waals surface area contributed by atoms with Gasteiger partial charge < -0.3 is 4.90 Å². The lowest BCUT2D eigenvalue weighted by Gasteiger charge is -2.32. The molecule has 0 aliphatic carbocycles. The van der Waals surface area contributed by atoms with E-state index < -0.39 is 0 Å². The monoisotopic (exact) mass is 691 g/mol. The number of carbonyl (C=O) groups is 4. The molecule has 0 unspecified atom stereocenters. The second-order valence-electron chi connectivity index (χ2n) is 12.7. The molecule has 6 aromatic carbocycles. The van der Waals surface area contributed by atoms with Crippen LogP contribution in [0.3, 0.4) is 0 Å². The van der Waals surface area contributed by atoms with Crippen molar-refractivity contribution in [2.24, 2.45) is 0 Å². The molecule has 0 saturated carbocycles. The third-order valence-electron chi connectivity index (χ3n) is 9.78. The fourth-order valence-electron chi connectivity index (χ4n) is 7.39. The van der Waals surface area contributed by atoms with Gasteiger partial charge in [0.2, 0.25) is 0 Å². The number of anilines is 3. The van der Waals surface area contributed by atoms with Gasteiger partial charge in [0, 0.05) is 67.0 Å². The van der Waals surface area contributed by atoms with Crippen LogP contribution in [0.5, 0.6) is 0 Å². The summed E-state index contributed by atoms with van der Waals surface area (Å²) in [5.41, 5.74) is 4.25. The molecule has 0 aromatic heterocycles. The van der Waals surface area contributed by atoms with Gasteiger partial charge in [-0.15, -0.1) is 0 Å². The first-order valence-electron chi connectivity index (χ1n) is 16.6. The number of hydrogen-bond donors (Lipinski definition) is 0. The maximum Gasteiger partial charge on any atom is 0.265 e. The minimum atomic E-state index is -0.331. The van der Waals surface area contributed by atoms with Crippen LogP contribution in [0.4, 0.5) is 17.1 Å². The summed E-state index contributed by atoms with van der Waals surface area (Å²) in [5.74, 6) is -1.29. The van der Waals surface area contributed by atoms with Crippen molar-refractivity contribution in [1.82, 2.24) is 0 Å². The quantitative estimate of drug-likeness (QED) is 0.127. The maximum atomic E-state index is 13.8. The molecule has 7 nitrogen and oxygen atoms in total. The standard InChI is InChI=1S/C41H29N3O4S2/c45-38-31-10-4-7-25-8-5-11-32(36(25)31)39(46)43(38)26-13-17-28(18-14-26)49-50-29-19-15-27(16-20-29)44-40(47)33-12-6-9-30-35(42-23-2-1-3-24-42)22-21-34(37(30)33)41(44)48/h4-22H,1-3,23-24H2. The van der Waals surface area contributed by atoms with Crippen molar-refractivity contribution in [3.8, 4) is 0 Å². The minimum absolute atomic E-state index is 0.315. The van der Waals surface area contributed by atoms with Crippen molar-refractivity contribution in [3.63, 3.8) is 0 Å². The topological polar surface area (TPSA) is 78.0 Å². The Morgan fingerprint density at radius 2 is 0.900 bits per heavy atom. The fraction of sp³-hybridized carbons (Fsp3) is 0.122. The lowest BCUT2D eigenvalue weighted by Crippen LogP contribution is -2.40. The van der Waals surface area contributed by atoms with Crippen molar-refractivity contribution in [2.75, 3.05) is 27.8 Å². The number of hydrogen-bond acceptors (Lipinski definition) is 7. The number of amides is 4. The lowest BCUT2D eigenvalue weighted by molar-refractivity contribution is 0.0877. The summed E-state index contributed by atoms with van der Waals surface area (Å²) in [6.45, 7) is 1.96. The highest BCUT2D eigenvalue weighted by molar-refractivity contribution is 8.76. The van der Waals surface area contributed by atoms with Gasteiger partial charge in [-0.05, 0) is 104 Å². The highest BCUT2D eigenvalue weighted by Gasteiger charge is 2.36. The van der Waals surface area contributed by atoms with Crippen LogP contribution in [0, 0.1) is 0 Å². The Labute approximate surface area is 296 Å². The van der Waals surface area contributed by atoms with Crippen molar-refractivity contribution in [3.05, 3.63) is 138 Å². The van der Waals surface area contributed by atoms with Crippen LogP contribution in [-0.4, -0.2) is 36.7 Å². The van der Waals surface area contributed by atoms with Gasteiger partial charge in [-0.25, -0.2) is 9.80 Å². The minimum Gasteiger partial charge on any atom is -0.371 e. The third-order valence-corrected chi connectivity index (χ3v) is 12.2. The van der Waals surface area contributed by atoms with Gasteiger partial charge >= 0.3 is 0 Å². The normalized spacial score (nSPS) is 15.8. The van der Waals surface area contributed by atoms with Gasteiger partial charge in [-0.2, -0.15) is 0 Å². The van der Waals surface area contributed by atoms with Gasteiger partial charge in [-0.3, -0.25) is 19.2 Å². The second-order valence-corrected chi connectivity index (χ2v) is 14.9. The molecule has 0 N–H and O–H groups in total. The second kappa shape index (κ2) is 12.2. The average Bonchev–Trinajstić information content (AvgIpc) is 3.16. The molecule has 0 bridgehead atoms. The predicted molar refractivity (Wildman–Crippen MR) is 201 cm³/mol. The molecule has 1 saturated heterocycles. The molecule has 0 atom stereocenters. The van der Waals surface area contributed by atoms with Gasteiger partial charge in [-0.1, -0.05) is 58.0 Å². The number of carbonyl (C=O) groups excluding carboxylic acids is 4. The van der Waals surface area contributed by atoms with Crippen molar-refractivity contribution >= 4 is 83.8 Å². The van der Waals surface area contributed by atoms with E-state index in [-0.39, 0.29) is 23.6 Å². The smallest absolute Gasteiger partial charge is 0.265 e. The van der Waals surface area contributed by atoms with Crippen LogP contribution in [0.25, 0.3) is 21.5 Å². The zero-order valence-corrected chi connectivity index (χ0v) is 28.4. The highest BCUT2D eigenvalue weighted by Crippen LogP contribution is 2.41. The third kappa shape index (κ3) is 4.91. The molecule has 1 fully saturated rings. The van der Waals surface area contributed by atoms with E-state index in [0.29, 0.717) is 39.0 Å². The molecule has 6 aromatic rings. The van der Waals surface area contributed by atoms with E-state index in [1.807, 2.05) is 78.9 Å². The van der Waals surface area contributed by atoms with E-state index in [9.17, 15) is 19.2 Å². The predicted octanol–water partition coefficient (Wildman–Crippen LogP) is 9.38. The molecule has 0 spiro atoms. The Bertz CT molecular complexity index is 2330. The van der Waals surface area contributed by atoms with Crippen LogP contribution in [-0.2, 0) is 0 Å². The Kier molecular flexibility index (Phi) is 7.48. The van der Waals surface area contributed by atoms with E-state index in [1.54, 1.807) is 36.4 Å². The summed E-state index contributed by atoms with van der Waals surface area (Å²) in [4.78, 5) is 61.3. The lowest BCUT2D eigenvalue weighted by atomic mass is 9.92. The Hall–Kier alpha value is -5.38. The SMILES string of the molecule is O=C1c2cccc3cccc(c23)C(=O)N1c1ccc(SSc2ccc(N3C(=O)c4cccc5c(N6CCCCC6)ccc(c45)C3=O)cc2)cc1. The van der Waals surface area contributed by atoms with Gasteiger partial charge in [0.1, 0.15) is 0 Å². The molecule has 3 aliphatic heterocycles. The van der Waals surface area contributed by atoms with E-state index in [0.717, 1.165) is 57.6 Å². The summed E-state index contributed by atoms with van der Waals surface area (Å²) in [6.07, 6.45) is 3.51. The van der Waals surface area contributed by atoms with Crippen LogP contribution in [0.1, 0.15) is 60.7 Å². The van der Waals surface area contributed by atoms with Crippen LogP contribution < -0.4 is 14.7 Å². The molecular formula is C41H29N3O4S2. The zero-order chi connectivity index (χ0) is 33.9. The van der Waals surface area contributed by atoms with E-state index in [4.69, 9.17) is 0 Å². The largest absolute Gasteiger partial charge is 0.371 e. The molecule has 9 heteroatoms. The molecular weight excluding hydrogens is 663 g/mol. The van der Waals surface area contributed by atoms with Crippen LogP contribution in [0.15, 0.2) is 125 Å². The Balaban J connectivity index is 0.907. The van der Waals surface area contributed by atoms with Gasteiger partial charge in [0.25, 0.3) is 23.6 Å².